The monoisotopic (exact) mass is 580 g/mol. The summed E-state index contributed by atoms with van der Waals surface area (Å²) in [6, 6.07) is 4.36. The van der Waals surface area contributed by atoms with Crippen LogP contribution in [-0.4, -0.2) is 112 Å². The fraction of sp³-hybridized carbons (Fsp3) is 0.423. The average Bonchev–Trinajstić information content (AvgIpc) is 2.93. The van der Waals surface area contributed by atoms with Gasteiger partial charge in [-0.25, -0.2) is 0 Å². The predicted octanol–water partition coefficient (Wildman–Crippen LogP) is -2.05. The summed E-state index contributed by atoms with van der Waals surface area (Å²) in [6.07, 6.45) is -16.0. The number of phenolic OH excluding ortho intramolecular Hbond substituents is 4. The van der Waals surface area contributed by atoms with Crippen LogP contribution >= 0.6 is 0 Å². The fourth-order valence-electron chi connectivity index (χ4n) is 5.16. The first kappa shape index (κ1) is 29.0. The van der Waals surface area contributed by atoms with Crippen molar-refractivity contribution >= 4 is 11.0 Å². The highest BCUT2D eigenvalue weighted by Gasteiger charge is 2.48. The number of phenols is 4. The first-order valence-electron chi connectivity index (χ1n) is 12.4. The van der Waals surface area contributed by atoms with E-state index in [1.807, 2.05) is 0 Å². The Bertz CT molecular complexity index is 1520. The van der Waals surface area contributed by atoms with Gasteiger partial charge in [-0.05, 0) is 18.2 Å². The first-order chi connectivity index (χ1) is 19.4. The smallest absolute Gasteiger partial charge is 0.197 e. The van der Waals surface area contributed by atoms with Gasteiger partial charge < -0.3 is 70.1 Å². The number of rotatable bonds is 4. The SMILES string of the molecule is O=c1cc(-c2ccc(O)c(O)c2)oc2c([C@@H]3OC[C@@H](O)[C@@H](O)[C@@H]3O)c(O)c([C@@H]3O[C@H](CO)[C@@H](O)[C@H](O)[C@H]3O)c(O)c12. The van der Waals surface area contributed by atoms with Crippen molar-refractivity contribution < 1.29 is 70.1 Å². The van der Waals surface area contributed by atoms with Crippen LogP contribution in [0.4, 0.5) is 0 Å². The highest BCUT2D eigenvalue weighted by Crippen LogP contribution is 2.50. The molecule has 0 aliphatic carbocycles. The van der Waals surface area contributed by atoms with Gasteiger partial charge in [0.2, 0.25) is 0 Å². The standard InChI is InChI=1S/C26H28O15/c27-5-13-18(33)21(36)23(38)26(41-13)15-19(34)14-10(30)4-12(7-1-2-8(28)9(29)3-7)40-24(14)16(20(15)35)25-22(37)17(32)11(31)6-39-25/h1-4,11,13,17-18,21-23,25-29,31-38H,5-6H2/t11-,13-,17-,18-,21+,22+,23-,25+,26+/m1/s1. The molecule has 15 nitrogen and oxygen atoms in total. The van der Waals surface area contributed by atoms with Gasteiger partial charge in [-0.1, -0.05) is 0 Å². The maximum absolute atomic E-state index is 13.4. The minimum absolute atomic E-state index is 0.0720. The third-order valence-corrected chi connectivity index (χ3v) is 7.42. The van der Waals surface area contributed by atoms with Gasteiger partial charge in [0.25, 0.3) is 0 Å². The Morgan fingerprint density at radius 1 is 0.756 bits per heavy atom. The van der Waals surface area contributed by atoms with E-state index in [2.05, 4.69) is 0 Å². The van der Waals surface area contributed by atoms with Gasteiger partial charge in [0.15, 0.2) is 22.5 Å². The van der Waals surface area contributed by atoms with E-state index in [9.17, 15) is 61.0 Å². The van der Waals surface area contributed by atoms with Crippen molar-refractivity contribution in [2.45, 2.75) is 54.9 Å². The van der Waals surface area contributed by atoms with Gasteiger partial charge in [-0.2, -0.15) is 0 Å². The Labute approximate surface area is 229 Å². The molecule has 2 aliphatic heterocycles. The lowest BCUT2D eigenvalue weighted by atomic mass is 9.85. The van der Waals surface area contributed by atoms with E-state index >= 15 is 0 Å². The Hall–Kier alpha value is -3.51. The second-order valence-corrected chi connectivity index (χ2v) is 9.96. The van der Waals surface area contributed by atoms with E-state index in [1.54, 1.807) is 0 Å². The summed E-state index contributed by atoms with van der Waals surface area (Å²) in [7, 11) is 0. The van der Waals surface area contributed by atoms with Crippen molar-refractivity contribution in [3.8, 4) is 34.3 Å². The quantitative estimate of drug-likeness (QED) is 0.148. The van der Waals surface area contributed by atoms with E-state index in [0.717, 1.165) is 18.2 Å². The lowest BCUT2D eigenvalue weighted by molar-refractivity contribution is -0.232. The minimum Gasteiger partial charge on any atom is -0.507 e. The number of ether oxygens (including phenoxy) is 2. The number of aliphatic hydroxyl groups is 7. The van der Waals surface area contributed by atoms with Gasteiger partial charge in [0.05, 0.1) is 24.3 Å². The van der Waals surface area contributed by atoms with E-state index < -0.39 is 119 Å². The molecule has 2 fully saturated rings. The zero-order valence-corrected chi connectivity index (χ0v) is 21.0. The largest absolute Gasteiger partial charge is 0.507 e. The normalized spacial score (nSPS) is 32.3. The predicted molar refractivity (Wildman–Crippen MR) is 134 cm³/mol. The van der Waals surface area contributed by atoms with E-state index in [1.165, 1.54) is 6.07 Å². The second kappa shape index (κ2) is 10.7. The van der Waals surface area contributed by atoms with Crippen LogP contribution in [0.15, 0.2) is 33.5 Å². The maximum atomic E-state index is 13.4. The molecule has 41 heavy (non-hydrogen) atoms. The van der Waals surface area contributed by atoms with Crippen LogP contribution in [-0.2, 0) is 9.47 Å². The van der Waals surface area contributed by atoms with Crippen LogP contribution in [0.2, 0.25) is 0 Å². The van der Waals surface area contributed by atoms with Crippen molar-refractivity contribution in [3.05, 3.63) is 45.6 Å². The third-order valence-electron chi connectivity index (χ3n) is 7.42. The molecular formula is C26H28O15. The van der Waals surface area contributed by atoms with Crippen molar-refractivity contribution in [1.29, 1.82) is 0 Å². The Morgan fingerprint density at radius 3 is 2.10 bits per heavy atom. The molecular weight excluding hydrogens is 552 g/mol. The summed E-state index contributed by atoms with van der Waals surface area (Å²) >= 11 is 0. The van der Waals surface area contributed by atoms with Gasteiger partial charge in [-0.15, -0.1) is 0 Å². The molecule has 222 valence electrons. The average molecular weight is 580 g/mol. The van der Waals surface area contributed by atoms with Crippen LogP contribution in [0, 0.1) is 0 Å². The summed E-state index contributed by atoms with van der Waals surface area (Å²) in [5.74, 6) is -3.21. The van der Waals surface area contributed by atoms with E-state index in [-0.39, 0.29) is 11.3 Å². The highest BCUT2D eigenvalue weighted by atomic mass is 16.5. The molecule has 15 heteroatoms. The number of benzene rings is 2. The lowest BCUT2D eigenvalue weighted by Crippen LogP contribution is -2.55. The second-order valence-electron chi connectivity index (χ2n) is 9.96. The van der Waals surface area contributed by atoms with E-state index in [4.69, 9.17) is 13.9 Å². The molecule has 0 radical (unpaired) electrons. The zero-order chi connectivity index (χ0) is 29.9. The Morgan fingerprint density at radius 2 is 1.44 bits per heavy atom. The van der Waals surface area contributed by atoms with Crippen molar-refractivity contribution in [2.75, 3.05) is 13.2 Å². The summed E-state index contributed by atoms with van der Waals surface area (Å²) in [4.78, 5) is 13.4. The van der Waals surface area contributed by atoms with Crippen LogP contribution in [0.25, 0.3) is 22.3 Å². The van der Waals surface area contributed by atoms with Gasteiger partial charge >= 0.3 is 0 Å². The minimum atomic E-state index is -2.01. The van der Waals surface area contributed by atoms with Gasteiger partial charge in [0.1, 0.15) is 77.6 Å². The molecule has 2 saturated heterocycles. The molecule has 0 saturated carbocycles. The number of fused-ring (bicyclic) bond motifs is 1. The summed E-state index contributed by atoms with van der Waals surface area (Å²) < 4.78 is 16.8. The summed E-state index contributed by atoms with van der Waals surface area (Å²) in [5, 5.41) is 113. The number of hydrogen-bond acceptors (Lipinski definition) is 15. The Kier molecular flexibility index (Phi) is 7.58. The first-order valence-corrected chi connectivity index (χ1v) is 12.4. The third kappa shape index (κ3) is 4.66. The van der Waals surface area contributed by atoms with Crippen LogP contribution in [0.1, 0.15) is 23.3 Å². The molecule has 3 heterocycles. The topological polar surface area (TPSA) is 271 Å². The fourth-order valence-corrected chi connectivity index (χ4v) is 5.16. The molecule has 3 aromatic rings. The van der Waals surface area contributed by atoms with Crippen molar-refractivity contribution in [1.82, 2.24) is 0 Å². The molecule has 0 bridgehead atoms. The van der Waals surface area contributed by atoms with Crippen LogP contribution in [0.3, 0.4) is 0 Å². The van der Waals surface area contributed by atoms with Crippen molar-refractivity contribution in [3.63, 3.8) is 0 Å². The molecule has 2 aliphatic rings. The molecule has 11 N–H and O–H groups in total. The lowest BCUT2D eigenvalue weighted by Gasteiger charge is -2.41. The molecule has 0 unspecified atom stereocenters. The Balaban J connectivity index is 1.81. The van der Waals surface area contributed by atoms with Crippen molar-refractivity contribution in [2.24, 2.45) is 0 Å². The molecule has 1 aromatic heterocycles. The number of aromatic hydroxyl groups is 4. The van der Waals surface area contributed by atoms with Gasteiger partial charge in [-0.3, -0.25) is 4.79 Å². The molecule has 0 amide bonds. The zero-order valence-electron chi connectivity index (χ0n) is 21.0. The number of aliphatic hydroxyl groups excluding tert-OH is 7. The van der Waals surface area contributed by atoms with Crippen LogP contribution in [0.5, 0.6) is 23.0 Å². The summed E-state index contributed by atoms with van der Waals surface area (Å²) in [5.41, 5.74) is -2.64. The molecule has 0 spiro atoms. The molecule has 2 aromatic carbocycles. The maximum Gasteiger partial charge on any atom is 0.197 e. The number of hydrogen-bond donors (Lipinski definition) is 11. The van der Waals surface area contributed by atoms with E-state index in [0.29, 0.717) is 0 Å². The molecule has 5 rings (SSSR count). The molecule has 9 atom stereocenters. The van der Waals surface area contributed by atoms with Crippen LogP contribution < -0.4 is 5.43 Å². The summed E-state index contributed by atoms with van der Waals surface area (Å²) in [6.45, 7) is -1.39. The van der Waals surface area contributed by atoms with Gasteiger partial charge in [0, 0.05) is 11.6 Å². The highest BCUT2D eigenvalue weighted by molar-refractivity contribution is 5.92.